The molecular weight excluding hydrogens is 288 g/mol. The molecule has 1 N–H and O–H groups in total. The average molecular weight is 310 g/mol. The first-order chi connectivity index (χ1) is 11.1. The zero-order chi connectivity index (χ0) is 16.2. The molecule has 1 aliphatic heterocycles. The molecule has 0 aliphatic carbocycles. The predicted octanol–water partition coefficient (Wildman–Crippen LogP) is 3.15. The van der Waals surface area contributed by atoms with Crippen molar-refractivity contribution in [3.8, 4) is 0 Å². The summed E-state index contributed by atoms with van der Waals surface area (Å²) >= 11 is 0. The minimum Gasteiger partial charge on any atom is -0.478 e. The van der Waals surface area contributed by atoms with E-state index in [4.69, 9.17) is 5.11 Å². The first kappa shape index (κ1) is 15.7. The van der Waals surface area contributed by atoms with E-state index in [1.807, 2.05) is 25.1 Å². The van der Waals surface area contributed by atoms with Gasteiger partial charge in [0.25, 0.3) is 0 Å². The van der Waals surface area contributed by atoms with Crippen LogP contribution in [0.25, 0.3) is 0 Å². The molecule has 1 aromatic heterocycles. The number of rotatable bonds is 5. The molecule has 1 aliphatic rings. The summed E-state index contributed by atoms with van der Waals surface area (Å²) in [5.74, 6) is -0.232. The third-order valence-electron chi connectivity index (χ3n) is 4.43. The molecule has 1 saturated heterocycles. The molecule has 1 fully saturated rings. The summed E-state index contributed by atoms with van der Waals surface area (Å²) in [6.45, 7) is 5.12. The monoisotopic (exact) mass is 310 g/mol. The number of carboxylic acids is 1. The lowest BCUT2D eigenvalue weighted by atomic mass is 9.98. The Hall–Kier alpha value is -2.20. The first-order valence-corrected chi connectivity index (χ1v) is 8.07. The Morgan fingerprint density at radius 2 is 2.04 bits per heavy atom. The number of benzene rings is 1. The Balaban J connectivity index is 1.54. The molecule has 0 saturated carbocycles. The van der Waals surface area contributed by atoms with Gasteiger partial charge >= 0.3 is 5.97 Å². The fourth-order valence-corrected chi connectivity index (χ4v) is 3.26. The highest BCUT2D eigenvalue weighted by Gasteiger charge is 2.23. The molecule has 23 heavy (non-hydrogen) atoms. The van der Waals surface area contributed by atoms with Crippen molar-refractivity contribution < 1.29 is 9.90 Å². The summed E-state index contributed by atoms with van der Waals surface area (Å²) in [7, 11) is 0. The second-order valence-electron chi connectivity index (χ2n) is 6.37. The van der Waals surface area contributed by atoms with Crippen LogP contribution in [-0.4, -0.2) is 34.0 Å². The van der Waals surface area contributed by atoms with Crippen LogP contribution >= 0.6 is 0 Å². The molecule has 2 aromatic rings. The number of carboxylic acid groups (broad SMARTS) is 1. The molecule has 4 heteroatoms. The summed E-state index contributed by atoms with van der Waals surface area (Å²) in [5.41, 5.74) is 3.77. The van der Waals surface area contributed by atoms with Gasteiger partial charge in [-0.2, -0.15) is 0 Å². The Morgan fingerprint density at radius 1 is 1.26 bits per heavy atom. The smallest absolute Gasteiger partial charge is 0.335 e. The van der Waals surface area contributed by atoms with Gasteiger partial charge in [-0.25, -0.2) is 4.79 Å². The number of hydrogen-bond donors (Lipinski definition) is 1. The highest BCUT2D eigenvalue weighted by atomic mass is 16.4. The molecule has 4 nitrogen and oxygen atoms in total. The lowest BCUT2D eigenvalue weighted by Gasteiger charge is -2.16. The Morgan fingerprint density at radius 3 is 2.74 bits per heavy atom. The molecular formula is C19H22N2O2. The summed E-state index contributed by atoms with van der Waals surface area (Å²) in [6.07, 6.45) is 2.20. The van der Waals surface area contributed by atoms with Crippen LogP contribution in [0.2, 0.25) is 0 Å². The van der Waals surface area contributed by atoms with E-state index in [0.29, 0.717) is 11.5 Å². The molecule has 0 amide bonds. The van der Waals surface area contributed by atoms with Crippen molar-refractivity contribution >= 4 is 5.97 Å². The van der Waals surface area contributed by atoms with E-state index in [-0.39, 0.29) is 0 Å². The summed E-state index contributed by atoms with van der Waals surface area (Å²) in [4.78, 5) is 17.9. The zero-order valence-corrected chi connectivity index (χ0v) is 13.4. The average Bonchev–Trinajstić information content (AvgIpc) is 2.95. The van der Waals surface area contributed by atoms with Crippen LogP contribution in [0.3, 0.4) is 0 Å². The van der Waals surface area contributed by atoms with Crippen LogP contribution in [0.15, 0.2) is 42.5 Å². The van der Waals surface area contributed by atoms with Gasteiger partial charge in [0.15, 0.2) is 0 Å². The topological polar surface area (TPSA) is 53.4 Å². The number of pyridine rings is 1. The second kappa shape index (κ2) is 6.92. The molecule has 0 bridgehead atoms. The molecule has 0 radical (unpaired) electrons. The molecule has 2 heterocycles. The van der Waals surface area contributed by atoms with Gasteiger partial charge in [0.2, 0.25) is 0 Å². The van der Waals surface area contributed by atoms with Crippen LogP contribution < -0.4 is 0 Å². The van der Waals surface area contributed by atoms with E-state index in [1.54, 1.807) is 12.1 Å². The van der Waals surface area contributed by atoms with Crippen LogP contribution in [-0.2, 0) is 13.0 Å². The van der Waals surface area contributed by atoms with E-state index >= 15 is 0 Å². The van der Waals surface area contributed by atoms with Crippen molar-refractivity contribution in [1.82, 2.24) is 9.88 Å². The van der Waals surface area contributed by atoms with Gasteiger partial charge in [0, 0.05) is 18.8 Å². The number of likely N-dealkylation sites (tertiary alicyclic amines) is 1. The molecule has 1 aromatic carbocycles. The van der Waals surface area contributed by atoms with Gasteiger partial charge in [-0.15, -0.1) is 0 Å². The molecule has 1 atom stereocenters. The van der Waals surface area contributed by atoms with Crippen LogP contribution in [0.1, 0.15) is 33.7 Å². The van der Waals surface area contributed by atoms with Gasteiger partial charge in [-0.1, -0.05) is 18.2 Å². The van der Waals surface area contributed by atoms with E-state index in [0.717, 1.165) is 37.4 Å². The maximum atomic E-state index is 10.9. The third-order valence-corrected chi connectivity index (χ3v) is 4.43. The van der Waals surface area contributed by atoms with Gasteiger partial charge in [0.05, 0.1) is 11.3 Å². The largest absolute Gasteiger partial charge is 0.478 e. The Bertz CT molecular complexity index is 682. The van der Waals surface area contributed by atoms with E-state index in [1.165, 1.54) is 12.0 Å². The third kappa shape index (κ3) is 4.17. The molecule has 3 rings (SSSR count). The van der Waals surface area contributed by atoms with Crippen molar-refractivity contribution in [2.75, 3.05) is 13.1 Å². The first-order valence-electron chi connectivity index (χ1n) is 8.07. The number of nitrogens with zero attached hydrogens (tertiary/aromatic N) is 2. The number of aryl methyl sites for hydroxylation is 1. The van der Waals surface area contributed by atoms with Crippen molar-refractivity contribution in [3.05, 3.63) is 65.0 Å². The minimum absolute atomic E-state index is 0.354. The molecule has 0 spiro atoms. The number of carbonyl (C=O) groups is 1. The van der Waals surface area contributed by atoms with Gasteiger partial charge in [-0.3, -0.25) is 9.88 Å². The highest BCUT2D eigenvalue weighted by molar-refractivity contribution is 5.87. The maximum Gasteiger partial charge on any atom is 0.335 e. The molecule has 120 valence electrons. The summed E-state index contributed by atoms with van der Waals surface area (Å²) < 4.78 is 0. The van der Waals surface area contributed by atoms with E-state index in [9.17, 15) is 4.79 Å². The SMILES string of the molecule is Cc1cccc(CN2CCC(Cc3ccc(C(=O)O)cc3)C2)n1. The Kier molecular flexibility index (Phi) is 4.72. The maximum absolute atomic E-state index is 10.9. The van der Waals surface area contributed by atoms with Gasteiger partial charge < -0.3 is 5.11 Å². The van der Waals surface area contributed by atoms with Crippen molar-refractivity contribution in [2.24, 2.45) is 5.92 Å². The van der Waals surface area contributed by atoms with Gasteiger partial charge in [-0.05, 0) is 62.1 Å². The number of aromatic carboxylic acids is 1. The van der Waals surface area contributed by atoms with Gasteiger partial charge in [0.1, 0.15) is 0 Å². The highest BCUT2D eigenvalue weighted by Crippen LogP contribution is 2.22. The quantitative estimate of drug-likeness (QED) is 0.921. The number of aromatic nitrogens is 1. The lowest BCUT2D eigenvalue weighted by molar-refractivity contribution is 0.0697. The van der Waals surface area contributed by atoms with Crippen molar-refractivity contribution in [3.63, 3.8) is 0 Å². The Labute approximate surface area is 136 Å². The fourth-order valence-electron chi connectivity index (χ4n) is 3.26. The number of hydrogen-bond acceptors (Lipinski definition) is 3. The van der Waals surface area contributed by atoms with Crippen molar-refractivity contribution in [2.45, 2.75) is 26.3 Å². The summed E-state index contributed by atoms with van der Waals surface area (Å²) in [5, 5.41) is 8.94. The van der Waals surface area contributed by atoms with Crippen LogP contribution in [0.4, 0.5) is 0 Å². The lowest BCUT2D eigenvalue weighted by Crippen LogP contribution is -2.21. The summed E-state index contributed by atoms with van der Waals surface area (Å²) in [6, 6.07) is 13.4. The van der Waals surface area contributed by atoms with Crippen LogP contribution in [0, 0.1) is 12.8 Å². The zero-order valence-electron chi connectivity index (χ0n) is 13.4. The minimum atomic E-state index is -0.866. The normalized spacial score (nSPS) is 18.2. The van der Waals surface area contributed by atoms with E-state index in [2.05, 4.69) is 22.0 Å². The van der Waals surface area contributed by atoms with Crippen LogP contribution in [0.5, 0.6) is 0 Å². The predicted molar refractivity (Wildman–Crippen MR) is 89.5 cm³/mol. The van der Waals surface area contributed by atoms with Crippen molar-refractivity contribution in [1.29, 1.82) is 0 Å². The van der Waals surface area contributed by atoms with E-state index < -0.39 is 5.97 Å². The second-order valence-corrected chi connectivity index (χ2v) is 6.37. The standard InChI is InChI=1S/C19H22N2O2/c1-14-3-2-4-18(20-14)13-21-10-9-16(12-21)11-15-5-7-17(8-6-15)19(22)23/h2-8,16H,9-13H2,1H3,(H,22,23). The molecule has 1 unspecified atom stereocenters. The fraction of sp³-hybridized carbons (Fsp3) is 0.368.